The zero-order chi connectivity index (χ0) is 63.0. The van der Waals surface area contributed by atoms with Crippen molar-refractivity contribution in [3.8, 4) is 0 Å². The number of esters is 2. The molecule has 0 aliphatic carbocycles. The number of hydrogen-bond donors (Lipinski definition) is 2. The van der Waals surface area contributed by atoms with Gasteiger partial charge in [-0.25, -0.2) is 4.57 Å². The minimum atomic E-state index is -4.41. The highest BCUT2D eigenvalue weighted by molar-refractivity contribution is 7.47. The molecule has 3 N–H and O–H groups in total. The Hall–Kier alpha value is -4.37. The highest BCUT2D eigenvalue weighted by atomic mass is 31.2. The monoisotopic (exact) mass is 1230 g/mol. The molecule has 0 rings (SSSR count). The van der Waals surface area contributed by atoms with E-state index in [0.717, 1.165) is 135 Å². The van der Waals surface area contributed by atoms with Gasteiger partial charge >= 0.3 is 19.8 Å². The van der Waals surface area contributed by atoms with Gasteiger partial charge in [0.2, 0.25) is 0 Å². The van der Waals surface area contributed by atoms with Crippen LogP contribution in [-0.2, 0) is 32.7 Å². The highest BCUT2D eigenvalue weighted by Gasteiger charge is 2.26. The minimum absolute atomic E-state index is 0.0452. The molecule has 0 aromatic rings. The van der Waals surface area contributed by atoms with Gasteiger partial charge in [0.1, 0.15) is 6.61 Å². The van der Waals surface area contributed by atoms with Gasteiger partial charge in [-0.2, -0.15) is 0 Å². The summed E-state index contributed by atoms with van der Waals surface area (Å²) < 4.78 is 33.2. The van der Waals surface area contributed by atoms with Crippen LogP contribution in [0, 0.1) is 0 Å². The lowest BCUT2D eigenvalue weighted by Crippen LogP contribution is -2.29. The normalized spacial score (nSPS) is 13.9. The summed E-state index contributed by atoms with van der Waals surface area (Å²) in [5.41, 5.74) is 5.40. The molecule has 0 fully saturated rings. The Morgan fingerprint density at radius 2 is 0.632 bits per heavy atom. The first kappa shape index (κ1) is 82.6. The van der Waals surface area contributed by atoms with Crippen molar-refractivity contribution in [2.45, 2.75) is 290 Å². The molecular weight excluding hydrogens is 1100 g/mol. The third kappa shape index (κ3) is 70.6. The lowest BCUT2D eigenvalue weighted by molar-refractivity contribution is -0.161. The number of rotatable bonds is 64. The van der Waals surface area contributed by atoms with Crippen molar-refractivity contribution in [3.63, 3.8) is 0 Å². The van der Waals surface area contributed by atoms with Crippen LogP contribution in [-0.4, -0.2) is 49.3 Å². The maximum absolute atomic E-state index is 12.8. The summed E-state index contributed by atoms with van der Waals surface area (Å²) in [6.45, 7) is 3.61. The second-order valence-electron chi connectivity index (χ2n) is 22.7. The molecule has 2 atom stereocenters. The number of nitrogens with two attached hydrogens (primary N) is 1. The van der Waals surface area contributed by atoms with E-state index in [9.17, 15) is 19.0 Å². The number of phosphoric acid groups is 1. The molecule has 0 saturated carbocycles. The Kier molecular flexibility index (Phi) is 67.2. The average molecular weight is 1230 g/mol. The Balaban J connectivity index is 3.96. The summed E-state index contributed by atoms with van der Waals surface area (Å²) >= 11 is 0. The van der Waals surface area contributed by atoms with E-state index in [0.29, 0.717) is 6.42 Å². The van der Waals surface area contributed by atoms with E-state index in [2.05, 4.69) is 172 Å². The maximum Gasteiger partial charge on any atom is 0.472 e. The molecule has 0 saturated heterocycles. The van der Waals surface area contributed by atoms with Crippen LogP contribution in [0.15, 0.2) is 158 Å². The summed E-state index contributed by atoms with van der Waals surface area (Å²) in [4.78, 5) is 35.3. The Labute approximate surface area is 534 Å². The predicted octanol–water partition coefficient (Wildman–Crippen LogP) is 23.2. The number of allylic oxidation sites excluding steroid dienone is 26. The van der Waals surface area contributed by atoms with Gasteiger partial charge < -0.3 is 20.1 Å². The number of hydrogen-bond acceptors (Lipinski definition) is 8. The fraction of sp³-hybridized carbons (Fsp3) is 0.636. The van der Waals surface area contributed by atoms with Crippen molar-refractivity contribution >= 4 is 19.8 Å². The van der Waals surface area contributed by atoms with Crippen molar-refractivity contribution < 1.29 is 37.6 Å². The van der Waals surface area contributed by atoms with Crippen LogP contribution in [0.3, 0.4) is 0 Å². The van der Waals surface area contributed by atoms with Crippen molar-refractivity contribution in [2.24, 2.45) is 5.73 Å². The first-order valence-electron chi connectivity index (χ1n) is 35.0. The second-order valence-corrected chi connectivity index (χ2v) is 24.1. The zero-order valence-corrected chi connectivity index (χ0v) is 56.3. The molecule has 0 spiro atoms. The van der Waals surface area contributed by atoms with Gasteiger partial charge in [-0.3, -0.25) is 18.6 Å². The summed E-state index contributed by atoms with van der Waals surface area (Å²) in [5, 5.41) is 0. The van der Waals surface area contributed by atoms with E-state index in [4.69, 9.17) is 24.3 Å². The molecule has 0 amide bonds. The minimum Gasteiger partial charge on any atom is -0.462 e. The van der Waals surface area contributed by atoms with Crippen LogP contribution in [0.25, 0.3) is 0 Å². The molecule has 494 valence electrons. The third-order valence-electron chi connectivity index (χ3n) is 14.4. The van der Waals surface area contributed by atoms with E-state index >= 15 is 0 Å². The molecule has 0 aromatic heterocycles. The number of phosphoric ester groups is 1. The molecule has 0 heterocycles. The van der Waals surface area contributed by atoms with Gasteiger partial charge in [0, 0.05) is 19.4 Å². The standard InChI is InChI=1S/C77H128NO8P/c1-3-5-7-9-11-13-15-17-19-21-23-25-27-29-30-31-32-33-34-35-36-37-38-39-40-41-42-43-44-46-48-50-52-54-56-58-60-62-64-66-68-70-77(80)86-75(74-85-87(81,82)84-72-71-78)73-83-76(79)69-67-65-63-61-59-57-55-53-51-49-47-45-28-26-24-22-20-18-16-14-12-10-8-6-4-2/h5,7,11,13,16-19,22-25,28-30,32-33,35-36,38-39,41-42,44-46,75H,3-4,6,8-10,12,14-15,20-21,26-27,31,34,37,40,43,47-74,78H2,1-2H3,(H,81,82)/b7-5-,13-11-,18-16-,19-17-,24-22-,25-23-,30-29-,33-32-,36-35-,39-38-,42-41-,45-28-,46-44-. The SMILES string of the molecule is CC/C=C\C/C=C\C/C=C\C/C=C\C/C=C\C/C=C\C/C=C\C/C=C\C/C=C\C/C=C\CCCCCCCCCCCCC(=O)OC(COC(=O)CCCCCCCCCCCC/C=C\C/C=C\C/C=C\CCCCCCC)COP(=O)(O)OCCN. The summed E-state index contributed by atoms with van der Waals surface area (Å²) in [5.74, 6) is -0.841. The summed E-state index contributed by atoms with van der Waals surface area (Å²) in [6, 6.07) is 0. The molecule has 2 unspecified atom stereocenters. The fourth-order valence-corrected chi connectivity index (χ4v) is 10.0. The molecule has 0 radical (unpaired) electrons. The van der Waals surface area contributed by atoms with Crippen LogP contribution < -0.4 is 5.73 Å². The number of carbonyl (C=O) groups excluding carboxylic acids is 2. The Bertz CT molecular complexity index is 1980. The van der Waals surface area contributed by atoms with Gasteiger partial charge in [0.05, 0.1) is 13.2 Å². The number of ether oxygens (including phenoxy) is 2. The summed E-state index contributed by atoms with van der Waals surface area (Å²) in [7, 11) is -4.41. The number of carbonyl (C=O) groups is 2. The number of unbranched alkanes of at least 4 members (excludes halogenated alkanes) is 25. The third-order valence-corrected chi connectivity index (χ3v) is 15.4. The Morgan fingerprint density at radius 1 is 0.356 bits per heavy atom. The molecule has 87 heavy (non-hydrogen) atoms. The maximum atomic E-state index is 12.8. The first-order valence-corrected chi connectivity index (χ1v) is 36.5. The van der Waals surface area contributed by atoms with Crippen LogP contribution >= 0.6 is 7.82 Å². The molecule has 0 aromatic carbocycles. The smallest absolute Gasteiger partial charge is 0.462 e. The lowest BCUT2D eigenvalue weighted by atomic mass is 10.0. The van der Waals surface area contributed by atoms with E-state index in [1.807, 2.05) is 0 Å². The van der Waals surface area contributed by atoms with E-state index in [-0.39, 0.29) is 38.6 Å². The largest absolute Gasteiger partial charge is 0.472 e. The van der Waals surface area contributed by atoms with Crippen molar-refractivity contribution in [1.29, 1.82) is 0 Å². The van der Waals surface area contributed by atoms with Gasteiger partial charge in [0.25, 0.3) is 0 Å². The molecular formula is C77H128NO8P. The van der Waals surface area contributed by atoms with Crippen molar-refractivity contribution in [1.82, 2.24) is 0 Å². The van der Waals surface area contributed by atoms with Crippen molar-refractivity contribution in [3.05, 3.63) is 158 Å². The van der Waals surface area contributed by atoms with E-state index < -0.39 is 26.5 Å². The lowest BCUT2D eigenvalue weighted by Gasteiger charge is -2.19. The first-order chi connectivity index (χ1) is 42.8. The molecule has 0 bridgehead atoms. The molecule has 0 aliphatic heterocycles. The van der Waals surface area contributed by atoms with Crippen LogP contribution in [0.1, 0.15) is 284 Å². The van der Waals surface area contributed by atoms with Gasteiger partial charge in [0.15, 0.2) is 6.10 Å². The molecule has 9 nitrogen and oxygen atoms in total. The topological polar surface area (TPSA) is 134 Å². The molecule has 10 heteroatoms. The van der Waals surface area contributed by atoms with Crippen molar-refractivity contribution in [2.75, 3.05) is 26.4 Å². The van der Waals surface area contributed by atoms with E-state index in [1.54, 1.807) is 0 Å². The zero-order valence-electron chi connectivity index (χ0n) is 55.4. The van der Waals surface area contributed by atoms with Gasteiger partial charge in [-0.1, -0.05) is 300 Å². The second kappa shape index (κ2) is 70.7. The molecule has 0 aliphatic rings. The Morgan fingerprint density at radius 3 is 0.943 bits per heavy atom. The van der Waals surface area contributed by atoms with Gasteiger partial charge in [-0.15, -0.1) is 0 Å². The quantitative estimate of drug-likeness (QED) is 0.0264. The van der Waals surface area contributed by atoms with Crippen LogP contribution in [0.2, 0.25) is 0 Å². The van der Waals surface area contributed by atoms with Gasteiger partial charge in [-0.05, 0) is 128 Å². The fourth-order valence-electron chi connectivity index (χ4n) is 9.26. The highest BCUT2D eigenvalue weighted by Crippen LogP contribution is 2.43. The van der Waals surface area contributed by atoms with E-state index in [1.165, 1.54) is 116 Å². The predicted molar refractivity (Wildman–Crippen MR) is 376 cm³/mol. The van der Waals surface area contributed by atoms with Crippen LogP contribution in [0.5, 0.6) is 0 Å². The average Bonchev–Trinajstić information content (AvgIpc) is 3.65. The van der Waals surface area contributed by atoms with Crippen LogP contribution in [0.4, 0.5) is 0 Å². The summed E-state index contributed by atoms with van der Waals surface area (Å²) in [6.07, 6.45) is 103.